The van der Waals surface area contributed by atoms with Gasteiger partial charge in [-0.15, -0.1) is 0 Å². The van der Waals surface area contributed by atoms with E-state index in [1.807, 2.05) is 10.9 Å². The van der Waals surface area contributed by atoms with Gasteiger partial charge in [0.05, 0.1) is 23.9 Å². The number of imidazole rings is 1. The van der Waals surface area contributed by atoms with Gasteiger partial charge in [-0.2, -0.15) is 4.98 Å². The van der Waals surface area contributed by atoms with Crippen molar-refractivity contribution in [2.45, 2.75) is 27.3 Å². The van der Waals surface area contributed by atoms with Crippen molar-refractivity contribution in [3.05, 3.63) is 41.3 Å². The Kier molecular flexibility index (Phi) is 2.40. The molecular weight excluding hydrogens is 228 g/mol. The Morgan fingerprint density at radius 3 is 2.67 bits per heavy atom. The van der Waals surface area contributed by atoms with Crippen LogP contribution in [0.5, 0.6) is 0 Å². The van der Waals surface area contributed by atoms with E-state index in [1.54, 1.807) is 6.92 Å². The fourth-order valence-corrected chi connectivity index (χ4v) is 2.00. The standard InChI is InChI=1S/C13H14N4O/c1-8-4-11-12(5-9(8)2)17(7-14-11)6-13-15-10(3)18-16-13/h4-5,7H,6H2,1-3H3. The van der Waals surface area contributed by atoms with Gasteiger partial charge in [0.25, 0.3) is 0 Å². The first-order valence-electron chi connectivity index (χ1n) is 5.85. The number of aromatic nitrogens is 4. The molecule has 2 heterocycles. The Labute approximate surface area is 104 Å². The quantitative estimate of drug-likeness (QED) is 0.692. The Balaban J connectivity index is 2.04. The van der Waals surface area contributed by atoms with E-state index in [9.17, 15) is 0 Å². The molecule has 0 bridgehead atoms. The third-order valence-corrected chi connectivity index (χ3v) is 3.12. The van der Waals surface area contributed by atoms with E-state index in [0.29, 0.717) is 18.3 Å². The summed E-state index contributed by atoms with van der Waals surface area (Å²) < 4.78 is 7.01. The molecule has 0 N–H and O–H groups in total. The third kappa shape index (κ3) is 1.77. The lowest BCUT2D eigenvalue weighted by atomic mass is 10.1. The Hall–Kier alpha value is -2.17. The SMILES string of the molecule is Cc1nc(Cn2cnc3cc(C)c(C)cc32)no1. The van der Waals surface area contributed by atoms with Crippen LogP contribution in [-0.2, 0) is 6.54 Å². The van der Waals surface area contributed by atoms with Gasteiger partial charge >= 0.3 is 0 Å². The third-order valence-electron chi connectivity index (χ3n) is 3.12. The van der Waals surface area contributed by atoms with E-state index in [-0.39, 0.29) is 0 Å². The summed E-state index contributed by atoms with van der Waals surface area (Å²) in [5, 5.41) is 3.90. The minimum Gasteiger partial charge on any atom is -0.340 e. The molecule has 0 saturated heterocycles. The van der Waals surface area contributed by atoms with E-state index in [0.717, 1.165) is 11.0 Å². The van der Waals surface area contributed by atoms with Crippen LogP contribution >= 0.6 is 0 Å². The molecule has 0 saturated carbocycles. The van der Waals surface area contributed by atoms with Crippen molar-refractivity contribution in [1.29, 1.82) is 0 Å². The fourth-order valence-electron chi connectivity index (χ4n) is 2.00. The zero-order chi connectivity index (χ0) is 12.7. The monoisotopic (exact) mass is 242 g/mol. The molecular formula is C13H14N4O. The molecule has 0 amide bonds. The van der Waals surface area contributed by atoms with E-state index in [2.05, 4.69) is 41.1 Å². The predicted molar refractivity (Wildman–Crippen MR) is 67.3 cm³/mol. The Morgan fingerprint density at radius 1 is 1.17 bits per heavy atom. The highest BCUT2D eigenvalue weighted by Crippen LogP contribution is 2.18. The van der Waals surface area contributed by atoms with Gasteiger partial charge in [-0.3, -0.25) is 0 Å². The lowest BCUT2D eigenvalue weighted by Crippen LogP contribution is -2.00. The average Bonchev–Trinajstić information content (AvgIpc) is 2.89. The van der Waals surface area contributed by atoms with Crippen LogP contribution in [0.25, 0.3) is 11.0 Å². The highest BCUT2D eigenvalue weighted by atomic mass is 16.5. The van der Waals surface area contributed by atoms with Crippen molar-refractivity contribution in [2.75, 3.05) is 0 Å². The van der Waals surface area contributed by atoms with Crippen molar-refractivity contribution in [2.24, 2.45) is 0 Å². The molecule has 0 spiro atoms. The number of rotatable bonds is 2. The summed E-state index contributed by atoms with van der Waals surface area (Å²) in [6.07, 6.45) is 1.81. The summed E-state index contributed by atoms with van der Waals surface area (Å²) in [4.78, 5) is 8.61. The first kappa shape index (κ1) is 11.0. The van der Waals surface area contributed by atoms with Gasteiger partial charge in [0.15, 0.2) is 5.82 Å². The topological polar surface area (TPSA) is 56.7 Å². The van der Waals surface area contributed by atoms with Crippen molar-refractivity contribution in [1.82, 2.24) is 19.7 Å². The molecule has 0 aliphatic carbocycles. The van der Waals surface area contributed by atoms with Crippen LogP contribution in [0, 0.1) is 20.8 Å². The molecule has 3 aromatic rings. The predicted octanol–water partition coefficient (Wildman–Crippen LogP) is 2.39. The molecule has 92 valence electrons. The number of nitrogens with zero attached hydrogens (tertiary/aromatic N) is 4. The summed E-state index contributed by atoms with van der Waals surface area (Å²) in [6, 6.07) is 4.24. The van der Waals surface area contributed by atoms with Crippen molar-refractivity contribution < 1.29 is 4.52 Å². The van der Waals surface area contributed by atoms with Crippen molar-refractivity contribution in [3.8, 4) is 0 Å². The molecule has 0 atom stereocenters. The largest absolute Gasteiger partial charge is 0.340 e. The minimum atomic E-state index is 0.580. The molecule has 1 aromatic carbocycles. The molecule has 0 fully saturated rings. The van der Waals surface area contributed by atoms with Crippen LogP contribution < -0.4 is 0 Å². The van der Waals surface area contributed by atoms with Gasteiger partial charge in [0.1, 0.15) is 0 Å². The van der Waals surface area contributed by atoms with E-state index < -0.39 is 0 Å². The molecule has 5 nitrogen and oxygen atoms in total. The van der Waals surface area contributed by atoms with Gasteiger partial charge in [-0.25, -0.2) is 4.98 Å². The maximum Gasteiger partial charge on any atom is 0.223 e. The summed E-state index contributed by atoms with van der Waals surface area (Å²) in [6.45, 7) is 6.56. The molecule has 18 heavy (non-hydrogen) atoms. The second-order valence-electron chi connectivity index (χ2n) is 4.53. The summed E-state index contributed by atoms with van der Waals surface area (Å²) in [7, 11) is 0. The Bertz CT molecular complexity index is 711. The van der Waals surface area contributed by atoms with Gasteiger partial charge in [-0.05, 0) is 37.1 Å². The average molecular weight is 242 g/mol. The van der Waals surface area contributed by atoms with Crippen LogP contribution in [0.4, 0.5) is 0 Å². The highest BCUT2D eigenvalue weighted by Gasteiger charge is 2.08. The number of aryl methyl sites for hydroxylation is 3. The van der Waals surface area contributed by atoms with Crippen LogP contribution in [0.3, 0.4) is 0 Å². The van der Waals surface area contributed by atoms with Gasteiger partial charge in [0.2, 0.25) is 5.89 Å². The van der Waals surface area contributed by atoms with Crippen LogP contribution in [-0.4, -0.2) is 19.7 Å². The smallest absolute Gasteiger partial charge is 0.223 e. The minimum absolute atomic E-state index is 0.580. The van der Waals surface area contributed by atoms with Crippen LogP contribution in [0.1, 0.15) is 22.8 Å². The van der Waals surface area contributed by atoms with Gasteiger partial charge < -0.3 is 9.09 Å². The number of hydrogen-bond donors (Lipinski definition) is 0. The lowest BCUT2D eigenvalue weighted by Gasteiger charge is -2.03. The van der Waals surface area contributed by atoms with E-state index >= 15 is 0 Å². The first-order valence-corrected chi connectivity index (χ1v) is 5.85. The molecule has 0 aliphatic rings. The normalized spacial score (nSPS) is 11.3. The maximum absolute atomic E-state index is 4.97. The van der Waals surface area contributed by atoms with E-state index in [4.69, 9.17) is 4.52 Å². The zero-order valence-electron chi connectivity index (χ0n) is 10.6. The fraction of sp³-hybridized carbons (Fsp3) is 0.308. The number of benzene rings is 1. The molecule has 0 radical (unpaired) electrons. The summed E-state index contributed by atoms with van der Waals surface area (Å²) >= 11 is 0. The Morgan fingerprint density at radius 2 is 1.94 bits per heavy atom. The molecule has 5 heteroatoms. The molecule has 0 aliphatic heterocycles. The maximum atomic E-state index is 4.97. The zero-order valence-corrected chi connectivity index (χ0v) is 10.6. The summed E-state index contributed by atoms with van der Waals surface area (Å²) in [5.74, 6) is 1.26. The molecule has 0 unspecified atom stereocenters. The van der Waals surface area contributed by atoms with Gasteiger partial charge in [0, 0.05) is 6.92 Å². The van der Waals surface area contributed by atoms with Crippen LogP contribution in [0.15, 0.2) is 23.0 Å². The van der Waals surface area contributed by atoms with Gasteiger partial charge in [-0.1, -0.05) is 5.16 Å². The van der Waals surface area contributed by atoms with E-state index in [1.165, 1.54) is 11.1 Å². The van der Waals surface area contributed by atoms with Crippen molar-refractivity contribution >= 4 is 11.0 Å². The first-order chi connectivity index (χ1) is 8.63. The van der Waals surface area contributed by atoms with Crippen LogP contribution in [0.2, 0.25) is 0 Å². The second kappa shape index (κ2) is 3.94. The van der Waals surface area contributed by atoms with Crippen molar-refractivity contribution in [3.63, 3.8) is 0 Å². The number of fused-ring (bicyclic) bond motifs is 1. The molecule has 3 rings (SSSR count). The molecule has 2 aromatic heterocycles. The number of hydrogen-bond acceptors (Lipinski definition) is 4. The highest BCUT2D eigenvalue weighted by molar-refractivity contribution is 5.77. The lowest BCUT2D eigenvalue weighted by molar-refractivity contribution is 0.386. The summed E-state index contributed by atoms with van der Waals surface area (Å²) in [5.41, 5.74) is 4.61. The second-order valence-corrected chi connectivity index (χ2v) is 4.53.